The van der Waals surface area contributed by atoms with Crippen LogP contribution in [-0.2, 0) is 21.9 Å². The standard InChI is InChI=1S/C19H21Cl2N3O3S2/c1-18(2)17(22)24-19(3,10-29(18,26)27)15-13(21)8-14(28-15)16(25)23-9-11-6-4-5-7-12(11)20/h4-8H,9-10H2,1-3H3,(H2,22,24)(H,23,25). The lowest BCUT2D eigenvalue weighted by atomic mass is 10.0. The molecule has 0 spiro atoms. The number of hydrogen-bond acceptors (Lipinski definition) is 6. The van der Waals surface area contributed by atoms with E-state index >= 15 is 0 Å². The van der Waals surface area contributed by atoms with Gasteiger partial charge in [0.05, 0.1) is 20.5 Å². The monoisotopic (exact) mass is 473 g/mol. The molecule has 1 atom stereocenters. The van der Waals surface area contributed by atoms with E-state index in [1.54, 1.807) is 13.0 Å². The second kappa shape index (κ2) is 7.58. The van der Waals surface area contributed by atoms with Crippen LogP contribution in [0.5, 0.6) is 0 Å². The van der Waals surface area contributed by atoms with Crippen LogP contribution in [0.3, 0.4) is 0 Å². The van der Waals surface area contributed by atoms with E-state index in [0.29, 0.717) is 14.8 Å². The van der Waals surface area contributed by atoms with Gasteiger partial charge in [0.15, 0.2) is 9.84 Å². The van der Waals surface area contributed by atoms with Crippen LogP contribution in [0, 0.1) is 0 Å². The smallest absolute Gasteiger partial charge is 0.261 e. The molecule has 1 aliphatic rings. The number of rotatable bonds is 4. The minimum Gasteiger partial charge on any atom is -0.386 e. The number of nitrogens with two attached hydrogens (primary N) is 1. The molecule has 3 N–H and O–H groups in total. The van der Waals surface area contributed by atoms with Crippen molar-refractivity contribution in [1.82, 2.24) is 5.32 Å². The van der Waals surface area contributed by atoms with Crippen molar-refractivity contribution in [3.63, 3.8) is 0 Å². The average molecular weight is 474 g/mol. The molecular weight excluding hydrogens is 453 g/mol. The van der Waals surface area contributed by atoms with Crippen molar-refractivity contribution in [2.75, 3.05) is 5.75 Å². The Labute approximate surface area is 184 Å². The summed E-state index contributed by atoms with van der Waals surface area (Å²) in [6, 6.07) is 8.74. The highest BCUT2D eigenvalue weighted by molar-refractivity contribution is 7.93. The molecule has 0 aliphatic carbocycles. The summed E-state index contributed by atoms with van der Waals surface area (Å²) in [6.07, 6.45) is 0. The van der Waals surface area contributed by atoms with E-state index in [4.69, 9.17) is 28.9 Å². The van der Waals surface area contributed by atoms with Gasteiger partial charge in [-0.15, -0.1) is 11.3 Å². The molecule has 6 nitrogen and oxygen atoms in total. The Bertz CT molecular complexity index is 1110. The second-order valence-electron chi connectivity index (χ2n) is 7.60. The molecule has 2 aromatic rings. The van der Waals surface area contributed by atoms with Crippen LogP contribution >= 0.6 is 34.5 Å². The number of carbonyl (C=O) groups is 1. The van der Waals surface area contributed by atoms with Crippen LogP contribution in [0.1, 0.15) is 40.9 Å². The molecule has 156 valence electrons. The summed E-state index contributed by atoms with van der Waals surface area (Å²) in [4.78, 5) is 17.9. The zero-order chi connectivity index (χ0) is 21.6. The fraction of sp³-hybridized carbons (Fsp3) is 0.368. The Kier molecular flexibility index (Phi) is 5.77. The highest BCUT2D eigenvalue weighted by Gasteiger charge is 2.50. The third-order valence-corrected chi connectivity index (χ3v) is 9.90. The van der Waals surface area contributed by atoms with E-state index < -0.39 is 20.1 Å². The number of halogens is 2. The van der Waals surface area contributed by atoms with Crippen molar-refractivity contribution < 1.29 is 13.2 Å². The first-order valence-electron chi connectivity index (χ1n) is 8.77. The molecule has 1 aliphatic heterocycles. The van der Waals surface area contributed by atoms with Crippen LogP contribution in [0.15, 0.2) is 35.3 Å². The predicted octanol–water partition coefficient (Wildman–Crippen LogP) is 3.76. The van der Waals surface area contributed by atoms with E-state index in [1.807, 2.05) is 18.2 Å². The van der Waals surface area contributed by atoms with Gasteiger partial charge < -0.3 is 11.1 Å². The Morgan fingerprint density at radius 3 is 2.52 bits per heavy atom. The summed E-state index contributed by atoms with van der Waals surface area (Å²) in [5, 5.41) is 3.64. The molecule has 1 aromatic heterocycles. The zero-order valence-corrected chi connectivity index (χ0v) is 19.3. The third kappa shape index (κ3) is 4.03. The molecule has 0 fully saturated rings. The van der Waals surface area contributed by atoms with Crippen molar-refractivity contribution in [2.45, 2.75) is 37.6 Å². The van der Waals surface area contributed by atoms with E-state index in [-0.39, 0.29) is 29.1 Å². The number of amides is 1. The Morgan fingerprint density at radius 1 is 1.24 bits per heavy atom. The summed E-state index contributed by atoms with van der Waals surface area (Å²) in [7, 11) is -3.57. The molecule has 0 saturated heterocycles. The average Bonchev–Trinajstić information content (AvgIpc) is 3.02. The lowest BCUT2D eigenvalue weighted by Gasteiger charge is -2.37. The van der Waals surface area contributed by atoms with Crippen molar-refractivity contribution in [1.29, 1.82) is 0 Å². The Hall–Kier alpha value is -1.61. The van der Waals surface area contributed by atoms with Crippen molar-refractivity contribution in [3.8, 4) is 0 Å². The highest BCUT2D eigenvalue weighted by atomic mass is 35.5. The highest BCUT2D eigenvalue weighted by Crippen LogP contribution is 2.43. The van der Waals surface area contributed by atoms with E-state index in [0.717, 1.165) is 16.9 Å². The van der Waals surface area contributed by atoms with E-state index in [2.05, 4.69) is 10.3 Å². The van der Waals surface area contributed by atoms with Crippen molar-refractivity contribution >= 4 is 56.1 Å². The molecule has 29 heavy (non-hydrogen) atoms. The molecule has 0 bridgehead atoms. The number of sulfone groups is 1. The molecule has 1 unspecified atom stereocenters. The van der Waals surface area contributed by atoms with Crippen LogP contribution in [0.25, 0.3) is 0 Å². The number of hydrogen-bond donors (Lipinski definition) is 2. The maximum absolute atomic E-state index is 12.8. The minimum atomic E-state index is -3.57. The molecule has 2 heterocycles. The first-order chi connectivity index (χ1) is 13.4. The van der Waals surface area contributed by atoms with Crippen LogP contribution in [0.4, 0.5) is 0 Å². The van der Waals surface area contributed by atoms with Gasteiger partial charge in [0, 0.05) is 11.6 Å². The van der Waals surface area contributed by atoms with Crippen LogP contribution < -0.4 is 11.1 Å². The van der Waals surface area contributed by atoms with Gasteiger partial charge in [0.25, 0.3) is 5.91 Å². The molecule has 1 aromatic carbocycles. The van der Waals surface area contributed by atoms with Gasteiger partial charge in [-0.05, 0) is 38.5 Å². The first kappa shape index (κ1) is 22.1. The fourth-order valence-corrected chi connectivity index (χ4v) is 6.53. The zero-order valence-electron chi connectivity index (χ0n) is 16.1. The molecule has 1 amide bonds. The van der Waals surface area contributed by atoms with Gasteiger partial charge >= 0.3 is 0 Å². The van der Waals surface area contributed by atoms with Gasteiger partial charge in [-0.2, -0.15) is 0 Å². The van der Waals surface area contributed by atoms with Crippen LogP contribution in [-0.4, -0.2) is 30.7 Å². The number of carbonyl (C=O) groups excluding carboxylic acids is 1. The Balaban J connectivity index is 1.88. The maximum atomic E-state index is 12.8. The first-order valence-corrected chi connectivity index (χ1v) is 12.0. The van der Waals surface area contributed by atoms with Gasteiger partial charge in [0.2, 0.25) is 0 Å². The lowest BCUT2D eigenvalue weighted by Crippen LogP contribution is -2.54. The van der Waals surface area contributed by atoms with E-state index in [1.165, 1.54) is 19.9 Å². The van der Waals surface area contributed by atoms with E-state index in [9.17, 15) is 13.2 Å². The number of nitrogens with zero attached hydrogens (tertiary/aromatic N) is 1. The van der Waals surface area contributed by atoms with Gasteiger partial charge in [0.1, 0.15) is 16.1 Å². The molecule has 0 saturated carbocycles. The number of benzene rings is 1. The van der Waals surface area contributed by atoms with Gasteiger partial charge in [-0.1, -0.05) is 41.4 Å². The fourth-order valence-electron chi connectivity index (χ4n) is 3.01. The number of amidine groups is 1. The number of nitrogens with one attached hydrogen (secondary N) is 1. The third-order valence-electron chi connectivity index (χ3n) is 5.03. The second-order valence-corrected chi connectivity index (χ2v) is 12.0. The normalized spacial score (nSPS) is 22.7. The summed E-state index contributed by atoms with van der Waals surface area (Å²) < 4.78 is 24.3. The number of aliphatic imine (C=N–C) groups is 1. The van der Waals surface area contributed by atoms with Gasteiger partial charge in [-0.3, -0.25) is 9.79 Å². The maximum Gasteiger partial charge on any atom is 0.261 e. The summed E-state index contributed by atoms with van der Waals surface area (Å²) in [6.45, 7) is 4.98. The largest absolute Gasteiger partial charge is 0.386 e. The number of thiophene rings is 1. The van der Waals surface area contributed by atoms with Crippen molar-refractivity contribution in [3.05, 3.63) is 55.7 Å². The molecule has 0 radical (unpaired) electrons. The minimum absolute atomic E-state index is 0.0282. The summed E-state index contributed by atoms with van der Waals surface area (Å²) >= 11 is 13.6. The SMILES string of the molecule is CC1(c2sc(C(=O)NCc3ccccc3Cl)cc2Cl)CS(=O)(=O)C(C)(C)C(N)=N1. The molecular formula is C19H21Cl2N3O3S2. The molecule has 10 heteroatoms. The quantitative estimate of drug-likeness (QED) is 0.705. The molecule has 3 rings (SSSR count). The Morgan fingerprint density at radius 2 is 1.90 bits per heavy atom. The van der Waals surface area contributed by atoms with Gasteiger partial charge in [-0.25, -0.2) is 8.42 Å². The summed E-state index contributed by atoms with van der Waals surface area (Å²) in [5.41, 5.74) is 5.62. The summed E-state index contributed by atoms with van der Waals surface area (Å²) in [5.74, 6) is -0.544. The van der Waals surface area contributed by atoms with Crippen LogP contribution in [0.2, 0.25) is 10.0 Å². The topological polar surface area (TPSA) is 102 Å². The predicted molar refractivity (Wildman–Crippen MR) is 119 cm³/mol. The lowest BCUT2D eigenvalue weighted by molar-refractivity contribution is 0.0955. The van der Waals surface area contributed by atoms with Crippen molar-refractivity contribution in [2.24, 2.45) is 10.7 Å².